The standard InChI is InChI=1S/C16H27FN2/c1-5-13(18)10-12-8-9-16(15(17)11-12)19(4)14(6-2)7-3/h8-9,11,13-14H,5-7,10,18H2,1-4H3. The zero-order valence-electron chi connectivity index (χ0n) is 12.6. The van der Waals surface area contributed by atoms with Gasteiger partial charge in [0.2, 0.25) is 0 Å². The molecule has 0 fully saturated rings. The van der Waals surface area contributed by atoms with Crippen LogP contribution in [0.5, 0.6) is 0 Å². The maximum absolute atomic E-state index is 14.2. The third kappa shape index (κ3) is 4.20. The number of halogens is 1. The van der Waals surface area contributed by atoms with Crippen LogP contribution in [0.25, 0.3) is 0 Å². The Morgan fingerprint density at radius 1 is 1.16 bits per heavy atom. The first kappa shape index (κ1) is 16.0. The van der Waals surface area contributed by atoms with Gasteiger partial charge in [-0.25, -0.2) is 4.39 Å². The number of benzene rings is 1. The van der Waals surface area contributed by atoms with Crippen LogP contribution >= 0.6 is 0 Å². The summed E-state index contributed by atoms with van der Waals surface area (Å²) in [6.45, 7) is 6.32. The van der Waals surface area contributed by atoms with Gasteiger partial charge in [0.05, 0.1) is 5.69 Å². The van der Waals surface area contributed by atoms with Crippen LogP contribution in [-0.2, 0) is 6.42 Å². The van der Waals surface area contributed by atoms with Crippen LogP contribution in [0, 0.1) is 5.82 Å². The largest absolute Gasteiger partial charge is 0.369 e. The van der Waals surface area contributed by atoms with E-state index in [9.17, 15) is 4.39 Å². The summed E-state index contributed by atoms with van der Waals surface area (Å²) in [5.41, 5.74) is 7.57. The first-order valence-electron chi connectivity index (χ1n) is 7.30. The van der Waals surface area contributed by atoms with E-state index in [-0.39, 0.29) is 11.9 Å². The Labute approximate surface area is 116 Å². The number of anilines is 1. The predicted octanol–water partition coefficient (Wildman–Crippen LogP) is 3.73. The van der Waals surface area contributed by atoms with E-state index in [2.05, 4.69) is 20.8 Å². The van der Waals surface area contributed by atoms with E-state index in [1.165, 1.54) is 0 Å². The summed E-state index contributed by atoms with van der Waals surface area (Å²) in [7, 11) is 1.97. The summed E-state index contributed by atoms with van der Waals surface area (Å²) < 4.78 is 14.2. The first-order valence-corrected chi connectivity index (χ1v) is 7.30. The fraction of sp³-hybridized carbons (Fsp3) is 0.625. The highest BCUT2D eigenvalue weighted by Gasteiger charge is 2.15. The van der Waals surface area contributed by atoms with Crippen LogP contribution < -0.4 is 10.6 Å². The molecule has 1 atom stereocenters. The molecule has 0 heterocycles. The van der Waals surface area contributed by atoms with Crippen molar-refractivity contribution in [1.29, 1.82) is 0 Å². The topological polar surface area (TPSA) is 29.3 Å². The molecule has 0 aliphatic carbocycles. The van der Waals surface area contributed by atoms with Crippen LogP contribution in [0.15, 0.2) is 18.2 Å². The lowest BCUT2D eigenvalue weighted by atomic mass is 10.0. The van der Waals surface area contributed by atoms with Crippen LogP contribution in [0.1, 0.15) is 45.6 Å². The zero-order chi connectivity index (χ0) is 14.4. The van der Waals surface area contributed by atoms with Gasteiger partial charge in [-0.1, -0.05) is 26.8 Å². The number of nitrogens with zero attached hydrogens (tertiary/aromatic N) is 1. The molecule has 0 aromatic heterocycles. The van der Waals surface area contributed by atoms with Gasteiger partial charge >= 0.3 is 0 Å². The summed E-state index contributed by atoms with van der Waals surface area (Å²) >= 11 is 0. The Kier molecular flexibility index (Phi) is 6.29. The minimum Gasteiger partial charge on any atom is -0.369 e. The summed E-state index contributed by atoms with van der Waals surface area (Å²) in [5.74, 6) is -0.143. The van der Waals surface area contributed by atoms with E-state index in [1.54, 1.807) is 6.07 Å². The maximum atomic E-state index is 14.2. The summed E-state index contributed by atoms with van der Waals surface area (Å²) in [6.07, 6.45) is 3.70. The molecule has 0 spiro atoms. The van der Waals surface area contributed by atoms with Gasteiger partial charge in [0.15, 0.2) is 0 Å². The lowest BCUT2D eigenvalue weighted by Gasteiger charge is -2.29. The van der Waals surface area contributed by atoms with Crippen molar-refractivity contribution in [3.63, 3.8) is 0 Å². The third-order valence-electron chi connectivity index (χ3n) is 3.90. The van der Waals surface area contributed by atoms with Gasteiger partial charge in [-0.15, -0.1) is 0 Å². The molecule has 0 aliphatic heterocycles. The molecule has 0 saturated heterocycles. The molecule has 3 heteroatoms. The molecule has 0 bridgehead atoms. The second-order valence-electron chi connectivity index (χ2n) is 5.24. The highest BCUT2D eigenvalue weighted by molar-refractivity contribution is 5.49. The lowest BCUT2D eigenvalue weighted by Crippen LogP contribution is -2.31. The highest BCUT2D eigenvalue weighted by atomic mass is 19.1. The Hall–Kier alpha value is -1.09. The van der Waals surface area contributed by atoms with E-state index in [1.807, 2.05) is 24.1 Å². The van der Waals surface area contributed by atoms with Crippen LogP contribution in [0.4, 0.5) is 10.1 Å². The van der Waals surface area contributed by atoms with Crippen LogP contribution in [-0.4, -0.2) is 19.1 Å². The van der Waals surface area contributed by atoms with E-state index in [0.717, 1.165) is 31.2 Å². The van der Waals surface area contributed by atoms with Crippen molar-refractivity contribution >= 4 is 5.69 Å². The summed E-state index contributed by atoms with van der Waals surface area (Å²) in [6, 6.07) is 6.00. The summed E-state index contributed by atoms with van der Waals surface area (Å²) in [5, 5.41) is 0. The number of hydrogen-bond acceptors (Lipinski definition) is 2. The van der Waals surface area contributed by atoms with E-state index < -0.39 is 0 Å². The molecule has 2 nitrogen and oxygen atoms in total. The molecule has 1 aromatic carbocycles. The molecule has 2 N–H and O–H groups in total. The van der Waals surface area contributed by atoms with Gasteiger partial charge in [0.1, 0.15) is 5.82 Å². The number of nitrogens with two attached hydrogens (primary N) is 1. The predicted molar refractivity (Wildman–Crippen MR) is 81.1 cm³/mol. The molecule has 19 heavy (non-hydrogen) atoms. The number of rotatable bonds is 7. The molecule has 0 amide bonds. The van der Waals surface area contributed by atoms with Crippen molar-refractivity contribution in [2.45, 2.75) is 58.5 Å². The number of hydrogen-bond donors (Lipinski definition) is 1. The third-order valence-corrected chi connectivity index (χ3v) is 3.90. The Morgan fingerprint density at radius 3 is 2.26 bits per heavy atom. The monoisotopic (exact) mass is 266 g/mol. The molecule has 0 aliphatic rings. The normalized spacial score (nSPS) is 12.8. The molecule has 0 radical (unpaired) electrons. The van der Waals surface area contributed by atoms with Crippen molar-refractivity contribution in [3.8, 4) is 0 Å². The second kappa shape index (κ2) is 7.49. The Morgan fingerprint density at radius 2 is 1.79 bits per heavy atom. The maximum Gasteiger partial charge on any atom is 0.146 e. The Bertz CT molecular complexity index is 388. The van der Waals surface area contributed by atoms with Crippen LogP contribution in [0.3, 0.4) is 0 Å². The second-order valence-corrected chi connectivity index (χ2v) is 5.24. The average molecular weight is 266 g/mol. The molecule has 1 aromatic rings. The molecule has 1 unspecified atom stereocenters. The minimum atomic E-state index is -0.143. The van der Waals surface area contributed by atoms with Crippen molar-refractivity contribution < 1.29 is 4.39 Å². The molecular formula is C16H27FN2. The van der Waals surface area contributed by atoms with Gasteiger partial charge in [-0.3, -0.25) is 0 Å². The first-order chi connectivity index (χ1) is 9.03. The van der Waals surface area contributed by atoms with Crippen molar-refractivity contribution in [2.75, 3.05) is 11.9 Å². The SMILES string of the molecule is CCC(N)Cc1ccc(N(C)C(CC)CC)c(F)c1. The van der Waals surface area contributed by atoms with E-state index >= 15 is 0 Å². The van der Waals surface area contributed by atoms with Gasteiger partial charge in [-0.2, -0.15) is 0 Å². The molecule has 108 valence electrons. The average Bonchev–Trinajstić information content (AvgIpc) is 2.40. The lowest BCUT2D eigenvalue weighted by molar-refractivity contribution is 0.564. The minimum absolute atomic E-state index is 0.113. The van der Waals surface area contributed by atoms with Gasteiger partial charge in [-0.05, 0) is 43.4 Å². The van der Waals surface area contributed by atoms with Crippen molar-refractivity contribution in [3.05, 3.63) is 29.6 Å². The van der Waals surface area contributed by atoms with Crippen LogP contribution in [0.2, 0.25) is 0 Å². The molecular weight excluding hydrogens is 239 g/mol. The fourth-order valence-corrected chi connectivity index (χ4v) is 2.44. The van der Waals surface area contributed by atoms with Gasteiger partial charge in [0.25, 0.3) is 0 Å². The smallest absolute Gasteiger partial charge is 0.146 e. The fourth-order valence-electron chi connectivity index (χ4n) is 2.44. The highest BCUT2D eigenvalue weighted by Crippen LogP contribution is 2.23. The Balaban J connectivity index is 2.87. The quantitative estimate of drug-likeness (QED) is 0.814. The molecule has 0 saturated carbocycles. The van der Waals surface area contributed by atoms with E-state index in [4.69, 9.17) is 5.73 Å². The van der Waals surface area contributed by atoms with E-state index in [0.29, 0.717) is 11.7 Å². The molecule has 1 rings (SSSR count). The van der Waals surface area contributed by atoms with Crippen molar-refractivity contribution in [2.24, 2.45) is 5.73 Å². The zero-order valence-corrected chi connectivity index (χ0v) is 12.6. The summed E-state index contributed by atoms with van der Waals surface area (Å²) in [4.78, 5) is 2.04. The van der Waals surface area contributed by atoms with Crippen molar-refractivity contribution in [1.82, 2.24) is 0 Å². The van der Waals surface area contributed by atoms with Gasteiger partial charge in [0, 0.05) is 19.1 Å². The van der Waals surface area contributed by atoms with Gasteiger partial charge < -0.3 is 10.6 Å².